The Morgan fingerprint density at radius 1 is 0.919 bits per heavy atom. The highest BCUT2D eigenvalue weighted by molar-refractivity contribution is 6.55. The Bertz CT molecular complexity index is 1620. The number of carbonyl (C=O) groups excluding carboxylic acids is 1. The summed E-state index contributed by atoms with van der Waals surface area (Å²) in [5.74, 6) is -3.25. The molecule has 0 fully saturated rings. The van der Waals surface area contributed by atoms with E-state index in [1.807, 2.05) is 0 Å². The summed E-state index contributed by atoms with van der Waals surface area (Å²) in [6, 6.07) is 18.9. The number of phenols is 1. The van der Waals surface area contributed by atoms with Gasteiger partial charge in [-0.1, -0.05) is 30.3 Å². The number of phenolic OH excluding ortho intramolecular Hbond substituents is 1. The Balaban J connectivity index is 1.54. The molecule has 0 bridgehead atoms. The van der Waals surface area contributed by atoms with Gasteiger partial charge in [0.2, 0.25) is 0 Å². The van der Waals surface area contributed by atoms with Crippen molar-refractivity contribution < 1.29 is 28.6 Å². The first-order valence-electron chi connectivity index (χ1n) is 11.1. The van der Waals surface area contributed by atoms with Crippen LogP contribution in [0.5, 0.6) is 5.75 Å². The summed E-state index contributed by atoms with van der Waals surface area (Å²) in [4.78, 5) is 25.8. The van der Waals surface area contributed by atoms with E-state index in [2.05, 4.69) is 10.5 Å². The minimum absolute atomic E-state index is 0.00295. The number of benzene rings is 4. The van der Waals surface area contributed by atoms with E-state index in [0.717, 1.165) is 11.0 Å². The number of nitrogens with one attached hydrogen (secondary N) is 1. The lowest BCUT2D eigenvalue weighted by atomic mass is 10.0. The molecule has 0 atom stereocenters. The molecule has 0 saturated carbocycles. The third-order valence-corrected chi connectivity index (χ3v) is 5.95. The molecular weight excluding hydrogens is 480 g/mol. The van der Waals surface area contributed by atoms with Crippen LogP contribution in [0.4, 0.5) is 25.8 Å². The lowest BCUT2D eigenvalue weighted by molar-refractivity contribution is -0.111. The van der Waals surface area contributed by atoms with Gasteiger partial charge in [-0.2, -0.15) is 5.10 Å². The fourth-order valence-electron chi connectivity index (χ4n) is 4.17. The Morgan fingerprint density at radius 2 is 1.68 bits per heavy atom. The zero-order valence-electron chi connectivity index (χ0n) is 19.4. The monoisotopic (exact) mass is 499 g/mol. The third-order valence-electron chi connectivity index (χ3n) is 5.95. The van der Waals surface area contributed by atoms with Gasteiger partial charge in [-0.15, -0.1) is 0 Å². The standard InChI is InChI=1S/C28H19F2N3O4/c1-15-8-10-24(21(30)12-15)33-23-11-9-18(29)14-20(23)25(27(33)35)32-31-22-7-3-6-19(26(22)34)16-4-2-5-17(13-16)28(36)37/h2-14,31,34H,1H3,(H,36,37)/b32-25-. The number of rotatable bonds is 5. The fourth-order valence-corrected chi connectivity index (χ4v) is 4.17. The van der Waals surface area contributed by atoms with E-state index in [9.17, 15) is 28.6 Å². The van der Waals surface area contributed by atoms with Crippen molar-refractivity contribution >= 4 is 34.7 Å². The molecule has 4 aromatic rings. The summed E-state index contributed by atoms with van der Waals surface area (Å²) in [6.45, 7) is 1.72. The predicted octanol–water partition coefficient (Wildman–Crippen LogP) is 5.84. The number of fused-ring (bicyclic) bond motifs is 1. The van der Waals surface area contributed by atoms with Crippen LogP contribution in [0.2, 0.25) is 0 Å². The topological polar surface area (TPSA) is 102 Å². The number of aromatic hydroxyl groups is 1. The number of carboxylic acids is 1. The highest BCUT2D eigenvalue weighted by Crippen LogP contribution is 2.39. The van der Waals surface area contributed by atoms with E-state index >= 15 is 0 Å². The second-order valence-electron chi connectivity index (χ2n) is 8.42. The predicted molar refractivity (Wildman–Crippen MR) is 135 cm³/mol. The van der Waals surface area contributed by atoms with Crippen LogP contribution >= 0.6 is 0 Å². The maximum absolute atomic E-state index is 14.8. The molecule has 37 heavy (non-hydrogen) atoms. The first kappa shape index (κ1) is 23.7. The van der Waals surface area contributed by atoms with Crippen molar-refractivity contribution in [2.75, 3.05) is 10.3 Å². The Morgan fingerprint density at radius 3 is 2.43 bits per heavy atom. The number of para-hydroxylation sites is 1. The number of carbonyl (C=O) groups is 2. The molecule has 0 saturated heterocycles. The molecule has 1 amide bonds. The van der Waals surface area contributed by atoms with Crippen LogP contribution in [0.25, 0.3) is 11.1 Å². The van der Waals surface area contributed by atoms with Crippen molar-refractivity contribution in [1.82, 2.24) is 0 Å². The second kappa shape index (κ2) is 9.19. The summed E-state index contributed by atoms with van der Waals surface area (Å²) in [5, 5.41) is 24.3. The molecule has 0 aliphatic carbocycles. The molecule has 4 aromatic carbocycles. The van der Waals surface area contributed by atoms with E-state index in [-0.39, 0.29) is 39.7 Å². The van der Waals surface area contributed by atoms with Crippen molar-refractivity contribution in [1.29, 1.82) is 0 Å². The van der Waals surface area contributed by atoms with E-state index in [1.165, 1.54) is 42.5 Å². The maximum Gasteiger partial charge on any atom is 0.335 e. The third kappa shape index (κ3) is 4.27. The zero-order valence-corrected chi connectivity index (χ0v) is 19.4. The summed E-state index contributed by atoms with van der Waals surface area (Å²) >= 11 is 0. The SMILES string of the molecule is Cc1ccc(N2C(=O)/C(=N\Nc3cccc(-c4cccc(C(=O)O)c4)c3O)c3cc(F)ccc32)c(F)c1. The number of hydrazone groups is 1. The molecular formula is C28H19F2N3O4. The molecule has 7 nitrogen and oxygen atoms in total. The van der Waals surface area contributed by atoms with E-state index in [4.69, 9.17) is 0 Å². The van der Waals surface area contributed by atoms with E-state index in [1.54, 1.807) is 37.3 Å². The van der Waals surface area contributed by atoms with Gasteiger partial charge in [-0.05, 0) is 66.6 Å². The summed E-state index contributed by atoms with van der Waals surface area (Å²) < 4.78 is 28.9. The molecule has 0 spiro atoms. The summed E-state index contributed by atoms with van der Waals surface area (Å²) in [7, 11) is 0. The number of hydrogen-bond donors (Lipinski definition) is 3. The molecule has 0 unspecified atom stereocenters. The van der Waals surface area contributed by atoms with Crippen LogP contribution < -0.4 is 10.3 Å². The van der Waals surface area contributed by atoms with Crippen molar-refractivity contribution in [2.24, 2.45) is 5.10 Å². The average Bonchev–Trinajstić information content (AvgIpc) is 3.13. The van der Waals surface area contributed by atoms with Crippen molar-refractivity contribution in [3.05, 3.63) is 107 Å². The quantitative estimate of drug-likeness (QED) is 0.237. The number of anilines is 3. The van der Waals surface area contributed by atoms with E-state index < -0.39 is 23.5 Å². The van der Waals surface area contributed by atoms with Gasteiger partial charge in [0, 0.05) is 11.1 Å². The van der Waals surface area contributed by atoms with Crippen LogP contribution in [0, 0.1) is 18.6 Å². The van der Waals surface area contributed by atoms with Crippen LogP contribution in [0.15, 0.2) is 84.0 Å². The lowest BCUT2D eigenvalue weighted by Gasteiger charge is -2.18. The van der Waals surface area contributed by atoms with E-state index in [0.29, 0.717) is 16.7 Å². The van der Waals surface area contributed by atoms with Gasteiger partial charge in [0.1, 0.15) is 17.4 Å². The first-order chi connectivity index (χ1) is 17.7. The van der Waals surface area contributed by atoms with Gasteiger partial charge in [0.25, 0.3) is 5.91 Å². The van der Waals surface area contributed by atoms with Crippen molar-refractivity contribution in [3.8, 4) is 16.9 Å². The molecule has 5 rings (SSSR count). The molecule has 3 N–H and O–H groups in total. The molecule has 184 valence electrons. The van der Waals surface area contributed by atoms with Gasteiger partial charge < -0.3 is 10.2 Å². The second-order valence-corrected chi connectivity index (χ2v) is 8.42. The maximum atomic E-state index is 14.8. The Hall–Kier alpha value is -5.05. The highest BCUT2D eigenvalue weighted by atomic mass is 19.1. The van der Waals surface area contributed by atoms with Crippen molar-refractivity contribution in [2.45, 2.75) is 6.92 Å². The number of hydrogen-bond acceptors (Lipinski definition) is 5. The summed E-state index contributed by atoms with van der Waals surface area (Å²) in [6.07, 6.45) is 0. The number of nitrogens with zero attached hydrogens (tertiary/aromatic N) is 2. The zero-order chi connectivity index (χ0) is 26.3. The summed E-state index contributed by atoms with van der Waals surface area (Å²) in [5.41, 5.74) is 4.52. The molecule has 1 heterocycles. The highest BCUT2D eigenvalue weighted by Gasteiger charge is 2.37. The smallest absolute Gasteiger partial charge is 0.335 e. The lowest BCUT2D eigenvalue weighted by Crippen LogP contribution is -2.26. The number of carboxylic acid groups (broad SMARTS) is 1. The fraction of sp³-hybridized carbons (Fsp3) is 0.0357. The Kier molecular flexibility index (Phi) is 5.88. The number of aryl methyl sites for hydroxylation is 1. The van der Waals surface area contributed by atoms with Gasteiger partial charge in [0.05, 0.1) is 22.6 Å². The number of halogens is 2. The van der Waals surface area contributed by atoms with Crippen LogP contribution in [-0.2, 0) is 4.79 Å². The van der Waals surface area contributed by atoms with Crippen molar-refractivity contribution in [3.63, 3.8) is 0 Å². The largest absolute Gasteiger partial charge is 0.505 e. The molecule has 0 radical (unpaired) electrons. The average molecular weight is 499 g/mol. The van der Waals surface area contributed by atoms with Gasteiger partial charge in [-0.3, -0.25) is 15.1 Å². The molecule has 1 aliphatic rings. The van der Waals surface area contributed by atoms with Crippen LogP contribution in [-0.4, -0.2) is 27.8 Å². The Labute approximate surface area is 209 Å². The number of aromatic carboxylic acids is 1. The minimum Gasteiger partial charge on any atom is -0.505 e. The van der Waals surface area contributed by atoms with Gasteiger partial charge in [0.15, 0.2) is 5.71 Å². The first-order valence-corrected chi connectivity index (χ1v) is 11.1. The molecule has 0 aromatic heterocycles. The van der Waals surface area contributed by atoms with Crippen LogP contribution in [0.3, 0.4) is 0 Å². The normalized spacial score (nSPS) is 13.6. The minimum atomic E-state index is -1.11. The molecule has 1 aliphatic heterocycles. The van der Waals surface area contributed by atoms with Gasteiger partial charge in [-0.25, -0.2) is 13.6 Å². The van der Waals surface area contributed by atoms with Gasteiger partial charge >= 0.3 is 5.97 Å². The van der Waals surface area contributed by atoms with Crippen LogP contribution in [0.1, 0.15) is 21.5 Å². The number of amides is 1. The molecule has 9 heteroatoms.